The van der Waals surface area contributed by atoms with Crippen LogP contribution in [0.25, 0.3) is 22.2 Å². The van der Waals surface area contributed by atoms with E-state index >= 15 is 0 Å². The molecule has 0 aliphatic heterocycles. The maximum absolute atomic E-state index is 5.67. The van der Waals surface area contributed by atoms with Crippen molar-refractivity contribution in [3.05, 3.63) is 60.7 Å². The van der Waals surface area contributed by atoms with Crippen LogP contribution < -0.4 is 5.73 Å². The average Bonchev–Trinajstić information content (AvgIpc) is 2.39. The van der Waals surface area contributed by atoms with Gasteiger partial charge in [0.25, 0.3) is 0 Å². The number of nitrogens with two attached hydrogens (primary N) is 1. The molecule has 19 heavy (non-hydrogen) atoms. The van der Waals surface area contributed by atoms with Gasteiger partial charge in [0.15, 0.2) is 0 Å². The first-order valence-electron chi connectivity index (χ1n) is 5.55. The molecular formula is C15H14Cl2N2. The standard InChI is InChI=1S/C15H12N2.2ClH/c16-13-8-5-12(6-9-13)15-10-7-11-3-1-2-4-14(11)17-15;;/h1-10H,16H2;2*1H. The van der Waals surface area contributed by atoms with Crippen molar-refractivity contribution in [1.29, 1.82) is 0 Å². The molecule has 0 aliphatic rings. The van der Waals surface area contributed by atoms with E-state index in [1.54, 1.807) is 0 Å². The highest BCUT2D eigenvalue weighted by molar-refractivity contribution is 5.85. The van der Waals surface area contributed by atoms with Gasteiger partial charge in [0.1, 0.15) is 0 Å². The Labute approximate surface area is 124 Å². The molecule has 1 aromatic heterocycles. The largest absolute Gasteiger partial charge is 0.399 e. The number of pyridine rings is 1. The number of para-hydroxylation sites is 1. The lowest BCUT2D eigenvalue weighted by Gasteiger charge is -2.03. The summed E-state index contributed by atoms with van der Waals surface area (Å²) in [5.74, 6) is 0. The summed E-state index contributed by atoms with van der Waals surface area (Å²) < 4.78 is 0. The molecule has 2 aromatic carbocycles. The van der Waals surface area contributed by atoms with Gasteiger partial charge in [0.2, 0.25) is 0 Å². The van der Waals surface area contributed by atoms with E-state index in [9.17, 15) is 0 Å². The number of halogens is 2. The van der Waals surface area contributed by atoms with E-state index in [1.165, 1.54) is 0 Å². The normalized spacial score (nSPS) is 9.47. The second-order valence-corrected chi connectivity index (χ2v) is 4.01. The van der Waals surface area contributed by atoms with Gasteiger partial charge in [-0.05, 0) is 24.3 Å². The fourth-order valence-electron chi connectivity index (χ4n) is 1.88. The first-order chi connectivity index (χ1) is 8.33. The van der Waals surface area contributed by atoms with E-state index in [2.05, 4.69) is 17.1 Å². The SMILES string of the molecule is Cl.Cl.Nc1ccc(-c2ccc3ccccc3n2)cc1. The average molecular weight is 293 g/mol. The minimum atomic E-state index is 0. The van der Waals surface area contributed by atoms with Crippen molar-refractivity contribution in [2.24, 2.45) is 0 Å². The third-order valence-corrected chi connectivity index (χ3v) is 2.80. The Balaban J connectivity index is 0.000000902. The van der Waals surface area contributed by atoms with E-state index in [4.69, 9.17) is 5.73 Å². The quantitative estimate of drug-likeness (QED) is 0.678. The highest BCUT2D eigenvalue weighted by Crippen LogP contribution is 2.21. The maximum atomic E-state index is 5.67. The van der Waals surface area contributed by atoms with Gasteiger partial charge in [0, 0.05) is 16.6 Å². The van der Waals surface area contributed by atoms with Crippen LogP contribution in [0.5, 0.6) is 0 Å². The molecular weight excluding hydrogens is 279 g/mol. The van der Waals surface area contributed by atoms with E-state index in [0.717, 1.165) is 27.8 Å². The van der Waals surface area contributed by atoms with Gasteiger partial charge in [0.05, 0.1) is 11.2 Å². The second-order valence-electron chi connectivity index (χ2n) is 4.01. The Hall–Kier alpha value is -1.77. The molecule has 4 heteroatoms. The van der Waals surface area contributed by atoms with Gasteiger partial charge in [-0.2, -0.15) is 0 Å². The molecule has 3 aromatic rings. The molecule has 0 unspecified atom stereocenters. The topological polar surface area (TPSA) is 38.9 Å². The van der Waals surface area contributed by atoms with Gasteiger partial charge in [-0.15, -0.1) is 24.8 Å². The molecule has 0 fully saturated rings. The molecule has 0 aliphatic carbocycles. The monoisotopic (exact) mass is 292 g/mol. The summed E-state index contributed by atoms with van der Waals surface area (Å²) in [6.07, 6.45) is 0. The fourth-order valence-corrected chi connectivity index (χ4v) is 1.88. The Morgan fingerprint density at radius 3 is 2.16 bits per heavy atom. The number of hydrogen-bond acceptors (Lipinski definition) is 2. The Morgan fingerprint density at radius 1 is 0.737 bits per heavy atom. The van der Waals surface area contributed by atoms with Crippen LogP contribution in [0.1, 0.15) is 0 Å². The minimum absolute atomic E-state index is 0. The third-order valence-electron chi connectivity index (χ3n) is 2.80. The van der Waals surface area contributed by atoms with Crippen LogP contribution in [0.3, 0.4) is 0 Å². The van der Waals surface area contributed by atoms with Crippen molar-refractivity contribution < 1.29 is 0 Å². The number of nitrogens with zero attached hydrogens (tertiary/aromatic N) is 1. The Morgan fingerprint density at radius 2 is 1.42 bits per heavy atom. The summed E-state index contributed by atoms with van der Waals surface area (Å²) >= 11 is 0. The zero-order chi connectivity index (χ0) is 11.7. The molecule has 2 nitrogen and oxygen atoms in total. The summed E-state index contributed by atoms with van der Waals surface area (Å²) in [5.41, 5.74) is 9.53. The third kappa shape index (κ3) is 3.16. The first-order valence-corrected chi connectivity index (χ1v) is 5.55. The molecule has 0 bridgehead atoms. The molecule has 0 atom stereocenters. The van der Waals surface area contributed by atoms with Crippen LogP contribution in [0.15, 0.2) is 60.7 Å². The molecule has 0 saturated heterocycles. The van der Waals surface area contributed by atoms with Crippen LogP contribution in [-0.4, -0.2) is 4.98 Å². The zero-order valence-corrected chi connectivity index (χ0v) is 11.7. The molecule has 98 valence electrons. The van der Waals surface area contributed by atoms with Crippen LogP contribution >= 0.6 is 24.8 Å². The van der Waals surface area contributed by atoms with Crippen molar-refractivity contribution >= 4 is 41.4 Å². The van der Waals surface area contributed by atoms with Crippen molar-refractivity contribution in [3.63, 3.8) is 0 Å². The van der Waals surface area contributed by atoms with E-state index in [-0.39, 0.29) is 24.8 Å². The lowest BCUT2D eigenvalue weighted by molar-refractivity contribution is 1.40. The first kappa shape index (κ1) is 15.3. The lowest BCUT2D eigenvalue weighted by Crippen LogP contribution is -1.87. The van der Waals surface area contributed by atoms with Crippen LogP contribution in [0, 0.1) is 0 Å². The maximum Gasteiger partial charge on any atom is 0.0709 e. The molecule has 3 rings (SSSR count). The minimum Gasteiger partial charge on any atom is -0.399 e. The van der Waals surface area contributed by atoms with Crippen LogP contribution in [-0.2, 0) is 0 Å². The summed E-state index contributed by atoms with van der Waals surface area (Å²) in [6.45, 7) is 0. The molecule has 0 spiro atoms. The lowest BCUT2D eigenvalue weighted by atomic mass is 10.1. The molecule has 2 N–H and O–H groups in total. The number of aromatic nitrogens is 1. The number of fused-ring (bicyclic) bond motifs is 1. The van der Waals surface area contributed by atoms with Gasteiger partial charge >= 0.3 is 0 Å². The predicted octanol–water partition coefficient (Wildman–Crippen LogP) is 4.33. The summed E-state index contributed by atoms with van der Waals surface area (Å²) in [4.78, 5) is 4.63. The summed E-state index contributed by atoms with van der Waals surface area (Å²) in [5, 5.41) is 1.16. The van der Waals surface area contributed by atoms with Crippen molar-refractivity contribution in [2.75, 3.05) is 5.73 Å². The number of rotatable bonds is 1. The number of anilines is 1. The smallest absolute Gasteiger partial charge is 0.0709 e. The summed E-state index contributed by atoms with van der Waals surface area (Å²) in [6, 6.07) is 20.0. The van der Waals surface area contributed by atoms with Gasteiger partial charge < -0.3 is 5.73 Å². The van der Waals surface area contributed by atoms with Crippen LogP contribution in [0.2, 0.25) is 0 Å². The Bertz CT molecular complexity index is 666. The van der Waals surface area contributed by atoms with E-state index in [0.29, 0.717) is 0 Å². The molecule has 1 heterocycles. The van der Waals surface area contributed by atoms with E-state index in [1.807, 2.05) is 48.5 Å². The van der Waals surface area contributed by atoms with E-state index < -0.39 is 0 Å². The Kier molecular flexibility index (Phi) is 5.16. The molecule has 0 radical (unpaired) electrons. The summed E-state index contributed by atoms with van der Waals surface area (Å²) in [7, 11) is 0. The molecule has 0 saturated carbocycles. The second kappa shape index (κ2) is 6.41. The predicted molar refractivity (Wildman–Crippen MR) is 86.1 cm³/mol. The fraction of sp³-hybridized carbons (Fsp3) is 0. The van der Waals surface area contributed by atoms with Crippen molar-refractivity contribution in [1.82, 2.24) is 4.98 Å². The van der Waals surface area contributed by atoms with Gasteiger partial charge in [-0.1, -0.05) is 36.4 Å². The number of benzene rings is 2. The van der Waals surface area contributed by atoms with Crippen LogP contribution in [0.4, 0.5) is 5.69 Å². The molecule has 0 amide bonds. The number of nitrogen functional groups attached to an aromatic ring is 1. The van der Waals surface area contributed by atoms with Crippen molar-refractivity contribution in [2.45, 2.75) is 0 Å². The van der Waals surface area contributed by atoms with Gasteiger partial charge in [-0.3, -0.25) is 0 Å². The number of hydrogen-bond donors (Lipinski definition) is 1. The highest BCUT2D eigenvalue weighted by Gasteiger charge is 2.00. The zero-order valence-electron chi connectivity index (χ0n) is 10.1. The highest BCUT2D eigenvalue weighted by atomic mass is 35.5. The van der Waals surface area contributed by atoms with Crippen molar-refractivity contribution in [3.8, 4) is 11.3 Å². The van der Waals surface area contributed by atoms with Gasteiger partial charge in [-0.25, -0.2) is 4.98 Å².